The molecular formula is C7H18ClN2P. The largest absolute Gasteiger partial charge is 0.283 e. The van der Waals surface area contributed by atoms with Gasteiger partial charge in [0.15, 0.2) is 0 Å². The van der Waals surface area contributed by atoms with E-state index in [0.717, 1.165) is 14.9 Å². The molecule has 0 amide bonds. The van der Waals surface area contributed by atoms with Gasteiger partial charge in [-0.3, -0.25) is 9.76 Å². The highest BCUT2D eigenvalue weighted by molar-refractivity contribution is 7.32. The third-order valence-electron chi connectivity index (χ3n) is 1.85. The second kappa shape index (κ2) is 6.19. The topological polar surface area (TPSA) is 15.3 Å². The van der Waals surface area contributed by atoms with E-state index in [1.807, 2.05) is 0 Å². The van der Waals surface area contributed by atoms with Crippen molar-refractivity contribution in [1.82, 2.24) is 9.76 Å². The van der Waals surface area contributed by atoms with Crippen LogP contribution in [-0.2, 0) is 0 Å². The quantitative estimate of drug-likeness (QED) is 0.695. The first kappa shape index (κ1) is 11.6. The molecule has 0 saturated heterocycles. The molecule has 0 aromatic heterocycles. The lowest BCUT2D eigenvalue weighted by molar-refractivity contribution is 0.613. The van der Waals surface area contributed by atoms with Gasteiger partial charge in [-0.1, -0.05) is 12.8 Å². The second-order valence-electron chi connectivity index (χ2n) is 3.13. The SMILES string of the molecule is CN(C)PNC1CCCC1.Cl. The first-order chi connectivity index (χ1) is 4.79. The van der Waals surface area contributed by atoms with Crippen molar-refractivity contribution in [2.24, 2.45) is 0 Å². The molecule has 1 rings (SSSR count). The molecule has 1 saturated carbocycles. The van der Waals surface area contributed by atoms with E-state index in [4.69, 9.17) is 0 Å². The van der Waals surface area contributed by atoms with Gasteiger partial charge >= 0.3 is 0 Å². The molecule has 11 heavy (non-hydrogen) atoms. The van der Waals surface area contributed by atoms with Crippen molar-refractivity contribution in [2.45, 2.75) is 31.7 Å². The van der Waals surface area contributed by atoms with Crippen molar-refractivity contribution in [3.63, 3.8) is 0 Å². The molecule has 1 unspecified atom stereocenters. The Morgan fingerprint density at radius 3 is 2.27 bits per heavy atom. The molecule has 4 heteroatoms. The number of hydrogen-bond donors (Lipinski definition) is 1. The standard InChI is InChI=1S/C7H17N2P.ClH/c1-9(2)10-8-7-5-3-4-6-7;/h7-8,10H,3-6H2,1-2H3;1H. The fourth-order valence-electron chi connectivity index (χ4n) is 1.29. The summed E-state index contributed by atoms with van der Waals surface area (Å²) >= 11 is 0. The zero-order valence-corrected chi connectivity index (χ0v) is 9.08. The molecular weight excluding hydrogens is 179 g/mol. The lowest BCUT2D eigenvalue weighted by Crippen LogP contribution is -2.20. The fraction of sp³-hybridized carbons (Fsp3) is 1.00. The third kappa shape index (κ3) is 4.97. The molecule has 1 N–H and O–H groups in total. The van der Waals surface area contributed by atoms with E-state index in [-0.39, 0.29) is 12.4 Å². The Morgan fingerprint density at radius 1 is 1.27 bits per heavy atom. The van der Waals surface area contributed by atoms with E-state index in [1.165, 1.54) is 25.7 Å². The highest BCUT2D eigenvalue weighted by Crippen LogP contribution is 2.21. The van der Waals surface area contributed by atoms with Crippen LogP contribution >= 0.6 is 21.3 Å². The molecule has 0 aromatic carbocycles. The third-order valence-corrected chi connectivity index (χ3v) is 2.83. The van der Waals surface area contributed by atoms with E-state index < -0.39 is 0 Å². The van der Waals surface area contributed by atoms with Gasteiger partial charge in [0.2, 0.25) is 0 Å². The fourth-order valence-corrected chi connectivity index (χ4v) is 2.02. The van der Waals surface area contributed by atoms with Crippen molar-refractivity contribution in [2.75, 3.05) is 14.1 Å². The van der Waals surface area contributed by atoms with Crippen LogP contribution in [0, 0.1) is 0 Å². The summed E-state index contributed by atoms with van der Waals surface area (Å²) in [5.41, 5.74) is 0. The molecule has 68 valence electrons. The van der Waals surface area contributed by atoms with Crippen molar-refractivity contribution >= 4 is 21.3 Å². The van der Waals surface area contributed by atoms with Gasteiger partial charge < -0.3 is 0 Å². The van der Waals surface area contributed by atoms with E-state index >= 15 is 0 Å². The average Bonchev–Trinajstić information content (AvgIpc) is 2.34. The lowest BCUT2D eigenvalue weighted by atomic mass is 10.3. The van der Waals surface area contributed by atoms with Crippen molar-refractivity contribution in [3.8, 4) is 0 Å². The van der Waals surface area contributed by atoms with Gasteiger partial charge in [0.25, 0.3) is 0 Å². The van der Waals surface area contributed by atoms with Crippen molar-refractivity contribution in [1.29, 1.82) is 0 Å². The van der Waals surface area contributed by atoms with Crippen LogP contribution < -0.4 is 5.09 Å². The molecule has 0 bridgehead atoms. The molecule has 1 aliphatic carbocycles. The Balaban J connectivity index is 0.000001000. The highest BCUT2D eigenvalue weighted by Gasteiger charge is 2.13. The molecule has 1 aliphatic rings. The average molecular weight is 197 g/mol. The number of halogens is 1. The van der Waals surface area contributed by atoms with Crippen LogP contribution in [0.15, 0.2) is 0 Å². The number of nitrogens with one attached hydrogen (secondary N) is 1. The maximum absolute atomic E-state index is 3.53. The lowest BCUT2D eigenvalue weighted by Gasteiger charge is -2.15. The molecule has 1 fully saturated rings. The maximum Gasteiger partial charge on any atom is 0.0209 e. The zero-order valence-electron chi connectivity index (χ0n) is 7.26. The predicted octanol–water partition coefficient (Wildman–Crippen LogP) is 2.01. The van der Waals surface area contributed by atoms with E-state index in [9.17, 15) is 0 Å². The van der Waals surface area contributed by atoms with E-state index in [1.54, 1.807) is 0 Å². The molecule has 0 aromatic rings. The van der Waals surface area contributed by atoms with Gasteiger partial charge in [0.05, 0.1) is 0 Å². The summed E-state index contributed by atoms with van der Waals surface area (Å²) in [6.45, 7) is 0. The summed E-state index contributed by atoms with van der Waals surface area (Å²) in [5, 5.41) is 3.53. The minimum Gasteiger partial charge on any atom is -0.283 e. The second-order valence-corrected chi connectivity index (χ2v) is 4.54. The van der Waals surface area contributed by atoms with Crippen LogP contribution in [0.1, 0.15) is 25.7 Å². The van der Waals surface area contributed by atoms with Gasteiger partial charge in [-0.25, -0.2) is 0 Å². The summed E-state index contributed by atoms with van der Waals surface area (Å²) in [4.78, 5) is 0. The number of nitrogens with zero attached hydrogens (tertiary/aromatic N) is 1. The molecule has 0 radical (unpaired) electrons. The van der Waals surface area contributed by atoms with Gasteiger partial charge in [-0.2, -0.15) is 0 Å². The van der Waals surface area contributed by atoms with Gasteiger partial charge in [-0.15, -0.1) is 12.4 Å². The first-order valence-electron chi connectivity index (χ1n) is 3.97. The summed E-state index contributed by atoms with van der Waals surface area (Å²) in [6, 6.07) is 0.820. The Morgan fingerprint density at radius 2 is 1.82 bits per heavy atom. The number of rotatable bonds is 3. The Bertz CT molecular complexity index is 94.4. The minimum atomic E-state index is 0. The van der Waals surface area contributed by atoms with Crippen molar-refractivity contribution in [3.05, 3.63) is 0 Å². The Labute approximate surface area is 77.4 Å². The molecule has 0 spiro atoms. The Kier molecular flexibility index (Phi) is 6.55. The summed E-state index contributed by atoms with van der Waals surface area (Å²) in [5.74, 6) is 0. The van der Waals surface area contributed by atoms with Crippen LogP contribution in [0.5, 0.6) is 0 Å². The molecule has 0 heterocycles. The first-order valence-corrected chi connectivity index (χ1v) is 4.92. The van der Waals surface area contributed by atoms with Crippen LogP contribution in [0.3, 0.4) is 0 Å². The maximum atomic E-state index is 3.53. The predicted molar refractivity (Wildman–Crippen MR) is 54.6 cm³/mol. The highest BCUT2D eigenvalue weighted by atomic mass is 35.5. The van der Waals surface area contributed by atoms with Gasteiger partial charge in [-0.05, 0) is 26.9 Å². The van der Waals surface area contributed by atoms with E-state index in [2.05, 4.69) is 23.9 Å². The molecule has 2 nitrogen and oxygen atoms in total. The monoisotopic (exact) mass is 196 g/mol. The van der Waals surface area contributed by atoms with Crippen LogP contribution in [-0.4, -0.2) is 24.8 Å². The minimum absolute atomic E-state index is 0. The zero-order chi connectivity index (χ0) is 7.40. The van der Waals surface area contributed by atoms with Crippen molar-refractivity contribution < 1.29 is 0 Å². The van der Waals surface area contributed by atoms with Crippen LogP contribution in [0.2, 0.25) is 0 Å². The smallest absolute Gasteiger partial charge is 0.0209 e. The van der Waals surface area contributed by atoms with Gasteiger partial charge in [0, 0.05) is 14.9 Å². The van der Waals surface area contributed by atoms with Gasteiger partial charge in [0.1, 0.15) is 0 Å². The summed E-state index contributed by atoms with van der Waals surface area (Å²) in [6.07, 6.45) is 5.63. The normalized spacial score (nSPS) is 19.9. The number of hydrogen-bond acceptors (Lipinski definition) is 2. The van der Waals surface area contributed by atoms with Crippen LogP contribution in [0.25, 0.3) is 0 Å². The summed E-state index contributed by atoms with van der Waals surface area (Å²) < 4.78 is 2.21. The van der Waals surface area contributed by atoms with E-state index in [0.29, 0.717) is 0 Å². The molecule has 1 atom stereocenters. The molecule has 0 aliphatic heterocycles. The van der Waals surface area contributed by atoms with Crippen LogP contribution in [0.4, 0.5) is 0 Å². The Hall–Kier alpha value is 0.640. The summed E-state index contributed by atoms with van der Waals surface area (Å²) in [7, 11) is 5.03.